The largest absolute Gasteiger partial charge is 0.449 e. The molecule has 1 aliphatic rings. The first-order valence-corrected chi connectivity index (χ1v) is 10.0. The van der Waals surface area contributed by atoms with Gasteiger partial charge in [0.15, 0.2) is 5.01 Å². The average Bonchev–Trinajstić information content (AvgIpc) is 3.19. The molecule has 0 spiro atoms. The summed E-state index contributed by atoms with van der Waals surface area (Å²) in [6.45, 7) is 0.323. The van der Waals surface area contributed by atoms with Crippen LogP contribution in [-0.2, 0) is 4.74 Å². The van der Waals surface area contributed by atoms with Gasteiger partial charge in [-0.1, -0.05) is 12.1 Å². The van der Waals surface area contributed by atoms with Crippen LogP contribution >= 0.6 is 22.7 Å². The highest BCUT2D eigenvalue weighted by atomic mass is 32.1. The fourth-order valence-corrected chi connectivity index (χ4v) is 4.03. The zero-order valence-electron chi connectivity index (χ0n) is 14.1. The number of benzene rings is 1. The number of thiophene rings is 1. The van der Waals surface area contributed by atoms with Gasteiger partial charge < -0.3 is 10.1 Å². The Hall–Kier alpha value is -2.78. The molecule has 0 saturated heterocycles. The Morgan fingerprint density at radius 3 is 2.74 bits per heavy atom. The van der Waals surface area contributed by atoms with Crippen molar-refractivity contribution in [3.8, 4) is 0 Å². The molecule has 3 amide bonds. The molecule has 1 fully saturated rings. The first-order valence-electron chi connectivity index (χ1n) is 8.32. The summed E-state index contributed by atoms with van der Waals surface area (Å²) in [5.74, 6) is -0.601. The second kappa shape index (κ2) is 7.45. The van der Waals surface area contributed by atoms with Crippen molar-refractivity contribution in [3.63, 3.8) is 0 Å². The second-order valence-corrected chi connectivity index (χ2v) is 8.05. The zero-order chi connectivity index (χ0) is 18.8. The van der Waals surface area contributed by atoms with E-state index in [1.807, 2.05) is 24.3 Å². The summed E-state index contributed by atoms with van der Waals surface area (Å²) in [6, 6.07) is 9.00. The Bertz CT molecular complexity index is 989. The van der Waals surface area contributed by atoms with E-state index in [9.17, 15) is 14.4 Å². The molecule has 0 bridgehead atoms. The molecule has 27 heavy (non-hydrogen) atoms. The topological polar surface area (TPSA) is 97.4 Å². The number of thiazole rings is 1. The lowest BCUT2D eigenvalue weighted by atomic mass is 10.3. The van der Waals surface area contributed by atoms with Crippen molar-refractivity contribution in [2.24, 2.45) is 5.92 Å². The van der Waals surface area contributed by atoms with Crippen LogP contribution < -0.4 is 10.6 Å². The number of nitrogens with zero attached hydrogens (tertiary/aromatic N) is 1. The van der Waals surface area contributed by atoms with Crippen LogP contribution in [0.15, 0.2) is 35.7 Å². The lowest BCUT2D eigenvalue weighted by molar-refractivity contribution is 0.0916. The molecule has 2 N–H and O–H groups in total. The molecule has 0 aliphatic heterocycles. The maximum Gasteiger partial charge on any atom is 0.414 e. The molecule has 1 aliphatic carbocycles. The van der Waals surface area contributed by atoms with Crippen molar-refractivity contribution in [1.29, 1.82) is 0 Å². The summed E-state index contributed by atoms with van der Waals surface area (Å²) in [7, 11) is 0. The van der Waals surface area contributed by atoms with Gasteiger partial charge in [0, 0.05) is 0 Å². The van der Waals surface area contributed by atoms with Crippen LogP contribution in [0, 0.1) is 5.92 Å². The highest BCUT2D eigenvalue weighted by Crippen LogP contribution is 2.29. The summed E-state index contributed by atoms with van der Waals surface area (Å²) in [6.07, 6.45) is 1.32. The molecule has 138 valence electrons. The fraction of sp³-hybridized carbons (Fsp3) is 0.222. The minimum Gasteiger partial charge on any atom is -0.449 e. The number of aromatic nitrogens is 1. The van der Waals surface area contributed by atoms with Crippen LogP contribution in [0.1, 0.15) is 33.0 Å². The Morgan fingerprint density at radius 2 is 1.96 bits per heavy atom. The van der Waals surface area contributed by atoms with Gasteiger partial charge >= 0.3 is 6.09 Å². The number of alkyl carbamates (subject to hydrolysis) is 1. The number of hydrogen-bond acceptors (Lipinski definition) is 7. The summed E-state index contributed by atoms with van der Waals surface area (Å²) < 4.78 is 5.90. The van der Waals surface area contributed by atoms with E-state index in [0.717, 1.165) is 23.1 Å². The molecule has 4 rings (SSSR count). The number of carbonyl (C=O) groups excluding carboxylic acids is 3. The fourth-order valence-electron chi connectivity index (χ4n) is 2.38. The number of para-hydroxylation sites is 1. The SMILES string of the molecule is O=C(NC(=O)c1ccsc1NC(=O)c1nc2ccccc2s1)OCC1CC1. The van der Waals surface area contributed by atoms with E-state index < -0.39 is 17.9 Å². The minimum atomic E-state index is -0.776. The number of imide groups is 1. The van der Waals surface area contributed by atoms with Gasteiger partial charge in [-0.15, -0.1) is 22.7 Å². The maximum atomic E-state index is 12.5. The van der Waals surface area contributed by atoms with Crippen LogP contribution in [-0.4, -0.2) is 29.5 Å². The molecule has 0 atom stereocenters. The van der Waals surface area contributed by atoms with Crippen LogP contribution in [0.5, 0.6) is 0 Å². The van der Waals surface area contributed by atoms with Gasteiger partial charge in [0.2, 0.25) is 0 Å². The molecule has 3 aromatic rings. The smallest absolute Gasteiger partial charge is 0.414 e. The highest BCUT2D eigenvalue weighted by molar-refractivity contribution is 7.20. The van der Waals surface area contributed by atoms with Gasteiger partial charge in [0.05, 0.1) is 22.4 Å². The third-order valence-electron chi connectivity index (χ3n) is 3.99. The summed E-state index contributed by atoms with van der Waals surface area (Å²) >= 11 is 2.47. The predicted molar refractivity (Wildman–Crippen MR) is 103 cm³/mol. The van der Waals surface area contributed by atoms with Crippen LogP contribution in [0.3, 0.4) is 0 Å². The van der Waals surface area contributed by atoms with Gasteiger partial charge in [-0.05, 0) is 42.3 Å². The van der Waals surface area contributed by atoms with E-state index in [1.54, 1.807) is 11.4 Å². The first kappa shape index (κ1) is 17.6. The molecule has 1 saturated carbocycles. The van der Waals surface area contributed by atoms with Crippen LogP contribution in [0.4, 0.5) is 9.80 Å². The number of nitrogens with one attached hydrogen (secondary N) is 2. The van der Waals surface area contributed by atoms with Crippen molar-refractivity contribution >= 4 is 55.8 Å². The van der Waals surface area contributed by atoms with Gasteiger partial charge in [-0.2, -0.15) is 0 Å². The number of rotatable bonds is 5. The molecule has 0 unspecified atom stereocenters. The number of carbonyl (C=O) groups is 3. The van der Waals surface area contributed by atoms with E-state index in [2.05, 4.69) is 15.6 Å². The third-order valence-corrected chi connectivity index (χ3v) is 5.85. The van der Waals surface area contributed by atoms with Gasteiger partial charge in [-0.25, -0.2) is 9.78 Å². The first-order chi connectivity index (χ1) is 13.1. The second-order valence-electron chi connectivity index (χ2n) is 6.10. The summed E-state index contributed by atoms with van der Waals surface area (Å²) in [4.78, 5) is 40.8. The lowest BCUT2D eigenvalue weighted by Gasteiger charge is -2.06. The van der Waals surface area contributed by atoms with Gasteiger partial charge in [0.1, 0.15) is 5.00 Å². The molecular formula is C18H15N3O4S2. The average molecular weight is 401 g/mol. The molecule has 2 heterocycles. The normalized spacial score (nSPS) is 13.3. The monoisotopic (exact) mass is 401 g/mol. The van der Waals surface area contributed by atoms with E-state index in [0.29, 0.717) is 22.5 Å². The maximum absolute atomic E-state index is 12.5. The molecule has 0 radical (unpaired) electrons. The summed E-state index contributed by atoms with van der Waals surface area (Å²) in [5.41, 5.74) is 0.952. The third kappa shape index (κ3) is 4.15. The van der Waals surface area contributed by atoms with E-state index in [-0.39, 0.29) is 5.56 Å². The number of ether oxygens (including phenoxy) is 1. The Morgan fingerprint density at radius 1 is 1.15 bits per heavy atom. The van der Waals surface area contributed by atoms with Gasteiger partial charge in [0.25, 0.3) is 11.8 Å². The van der Waals surface area contributed by atoms with E-state index in [4.69, 9.17) is 4.74 Å². The highest BCUT2D eigenvalue weighted by Gasteiger charge is 2.24. The Balaban J connectivity index is 1.42. The van der Waals surface area contributed by atoms with Crippen LogP contribution in [0.25, 0.3) is 10.2 Å². The molecule has 7 nitrogen and oxygen atoms in total. The zero-order valence-corrected chi connectivity index (χ0v) is 15.7. The van der Waals surface area contributed by atoms with Crippen LogP contribution in [0.2, 0.25) is 0 Å². The molecule has 2 aromatic heterocycles. The number of anilines is 1. The molecule has 9 heteroatoms. The lowest BCUT2D eigenvalue weighted by Crippen LogP contribution is -2.31. The van der Waals surface area contributed by atoms with E-state index in [1.165, 1.54) is 22.7 Å². The Kier molecular flexibility index (Phi) is 4.87. The number of hydrogen-bond donors (Lipinski definition) is 2. The summed E-state index contributed by atoms with van der Waals surface area (Å²) in [5, 5.41) is 7.20. The van der Waals surface area contributed by atoms with Crippen molar-refractivity contribution in [3.05, 3.63) is 46.3 Å². The van der Waals surface area contributed by atoms with Crippen molar-refractivity contribution in [2.75, 3.05) is 11.9 Å². The van der Waals surface area contributed by atoms with E-state index >= 15 is 0 Å². The number of amides is 3. The van der Waals surface area contributed by atoms with Gasteiger partial charge in [-0.3, -0.25) is 14.9 Å². The van der Waals surface area contributed by atoms with Crippen molar-refractivity contribution in [2.45, 2.75) is 12.8 Å². The molecular weight excluding hydrogens is 386 g/mol. The quantitative estimate of drug-likeness (QED) is 0.676. The Labute approximate surface area is 162 Å². The molecule has 1 aromatic carbocycles. The number of fused-ring (bicyclic) bond motifs is 1. The van der Waals surface area contributed by atoms with Crippen molar-refractivity contribution in [1.82, 2.24) is 10.3 Å². The minimum absolute atomic E-state index is 0.206. The predicted octanol–water partition coefficient (Wildman–Crippen LogP) is 3.89. The standard InChI is InChI=1S/C18H15N3O4S2/c22-14(21-18(24)25-9-10-5-6-10)11-7-8-26-16(11)20-15(23)17-19-12-3-1-2-4-13(12)27-17/h1-4,7-8,10H,5-6,9H2,(H,20,23)(H,21,22,24). The van der Waals surface area contributed by atoms with Crippen molar-refractivity contribution < 1.29 is 19.1 Å².